The summed E-state index contributed by atoms with van der Waals surface area (Å²) in [5.74, 6) is -0.791. The summed E-state index contributed by atoms with van der Waals surface area (Å²) in [6.45, 7) is 0. The Labute approximate surface area is 107 Å². The molecule has 1 heterocycles. The zero-order valence-electron chi connectivity index (χ0n) is 9.61. The lowest BCUT2D eigenvalue weighted by Crippen LogP contribution is -2.04. The van der Waals surface area contributed by atoms with E-state index in [2.05, 4.69) is 10.3 Å². The first-order chi connectivity index (χ1) is 9.08. The number of nitrogens with one attached hydrogen (secondary N) is 1. The van der Waals surface area contributed by atoms with Crippen LogP contribution in [0.3, 0.4) is 0 Å². The van der Waals surface area contributed by atoms with E-state index in [0.29, 0.717) is 5.82 Å². The highest BCUT2D eigenvalue weighted by Gasteiger charge is 2.16. The van der Waals surface area contributed by atoms with Gasteiger partial charge in [0.15, 0.2) is 0 Å². The molecule has 1 aromatic carbocycles. The molecule has 0 saturated carbocycles. The quantitative estimate of drug-likeness (QED) is 0.645. The van der Waals surface area contributed by atoms with Crippen LogP contribution in [0, 0.1) is 10.1 Å². The summed E-state index contributed by atoms with van der Waals surface area (Å²) >= 11 is 0. The van der Waals surface area contributed by atoms with E-state index < -0.39 is 10.9 Å². The van der Waals surface area contributed by atoms with E-state index in [1.54, 1.807) is 24.4 Å². The molecule has 0 fully saturated rings. The number of carboxylic acid groups (broad SMARTS) is 1. The standard InChI is InChI=1S/C12H9N3O4/c16-12(17)9-7-8(15(18)19)4-5-10(9)14-11-3-1-2-6-13-11/h1-7H,(H,13,14)(H,16,17). The zero-order chi connectivity index (χ0) is 13.8. The van der Waals surface area contributed by atoms with Crippen LogP contribution in [0.4, 0.5) is 17.2 Å². The normalized spacial score (nSPS) is 9.89. The Hall–Kier alpha value is -2.96. The summed E-state index contributed by atoms with van der Waals surface area (Å²) in [6.07, 6.45) is 1.55. The van der Waals surface area contributed by atoms with E-state index in [1.807, 2.05) is 0 Å². The van der Waals surface area contributed by atoms with E-state index in [0.717, 1.165) is 6.07 Å². The summed E-state index contributed by atoms with van der Waals surface area (Å²) < 4.78 is 0. The van der Waals surface area contributed by atoms with Gasteiger partial charge >= 0.3 is 5.97 Å². The topological polar surface area (TPSA) is 105 Å². The number of nitro benzene ring substituents is 1. The van der Waals surface area contributed by atoms with Crippen molar-refractivity contribution in [3.8, 4) is 0 Å². The maximum absolute atomic E-state index is 11.1. The molecule has 2 aromatic rings. The number of aromatic nitrogens is 1. The third-order valence-corrected chi connectivity index (χ3v) is 2.37. The molecular weight excluding hydrogens is 250 g/mol. The molecule has 0 saturated heterocycles. The van der Waals surface area contributed by atoms with Crippen LogP contribution in [0.2, 0.25) is 0 Å². The van der Waals surface area contributed by atoms with Crippen molar-refractivity contribution in [3.63, 3.8) is 0 Å². The first-order valence-corrected chi connectivity index (χ1v) is 5.28. The molecule has 0 aliphatic carbocycles. The van der Waals surface area contributed by atoms with Gasteiger partial charge in [0.2, 0.25) is 0 Å². The van der Waals surface area contributed by atoms with Crippen molar-refractivity contribution in [3.05, 3.63) is 58.3 Å². The fourth-order valence-corrected chi connectivity index (χ4v) is 1.51. The van der Waals surface area contributed by atoms with Gasteiger partial charge in [0.1, 0.15) is 5.82 Å². The van der Waals surface area contributed by atoms with Gasteiger partial charge in [-0.25, -0.2) is 9.78 Å². The lowest BCUT2D eigenvalue weighted by molar-refractivity contribution is -0.384. The number of carbonyl (C=O) groups is 1. The number of nitro groups is 1. The molecule has 1 aromatic heterocycles. The summed E-state index contributed by atoms with van der Waals surface area (Å²) in [4.78, 5) is 25.1. The van der Waals surface area contributed by atoms with Gasteiger partial charge in [-0.15, -0.1) is 0 Å². The average molecular weight is 259 g/mol. The van der Waals surface area contributed by atoms with Gasteiger partial charge in [-0.1, -0.05) is 6.07 Å². The fraction of sp³-hybridized carbons (Fsp3) is 0. The Kier molecular flexibility index (Phi) is 3.37. The van der Waals surface area contributed by atoms with Crippen molar-refractivity contribution in [2.45, 2.75) is 0 Å². The Morgan fingerprint density at radius 2 is 2.11 bits per heavy atom. The lowest BCUT2D eigenvalue weighted by Gasteiger charge is -2.08. The van der Waals surface area contributed by atoms with E-state index in [9.17, 15) is 14.9 Å². The first kappa shape index (κ1) is 12.5. The molecule has 2 N–H and O–H groups in total. The summed E-state index contributed by atoms with van der Waals surface area (Å²) in [6, 6.07) is 8.70. The van der Waals surface area contributed by atoms with Crippen LogP contribution >= 0.6 is 0 Å². The van der Waals surface area contributed by atoms with Crippen molar-refractivity contribution in [2.24, 2.45) is 0 Å². The maximum atomic E-state index is 11.1. The summed E-state index contributed by atoms with van der Waals surface area (Å²) in [5.41, 5.74) is -0.208. The van der Waals surface area contributed by atoms with Gasteiger partial charge in [0.05, 0.1) is 16.2 Å². The Bertz CT molecular complexity index is 628. The molecule has 2 rings (SSSR count). The minimum atomic E-state index is -1.25. The molecule has 0 amide bonds. The molecule has 0 spiro atoms. The van der Waals surface area contributed by atoms with Crippen LogP contribution in [-0.4, -0.2) is 21.0 Å². The zero-order valence-corrected chi connectivity index (χ0v) is 9.61. The maximum Gasteiger partial charge on any atom is 0.338 e. The molecule has 96 valence electrons. The van der Waals surface area contributed by atoms with E-state index in [4.69, 9.17) is 5.11 Å². The van der Waals surface area contributed by atoms with Crippen molar-refractivity contribution in [1.29, 1.82) is 0 Å². The predicted octanol–water partition coefficient (Wildman–Crippen LogP) is 2.43. The molecule has 7 nitrogen and oxygen atoms in total. The third-order valence-electron chi connectivity index (χ3n) is 2.37. The van der Waals surface area contributed by atoms with Gasteiger partial charge in [-0.3, -0.25) is 10.1 Å². The molecule has 19 heavy (non-hydrogen) atoms. The number of aromatic carboxylic acids is 1. The number of pyridine rings is 1. The van der Waals surface area contributed by atoms with E-state index in [1.165, 1.54) is 12.1 Å². The van der Waals surface area contributed by atoms with Crippen LogP contribution < -0.4 is 5.32 Å². The number of carboxylic acids is 1. The second-order valence-corrected chi connectivity index (χ2v) is 3.63. The molecule has 0 aliphatic heterocycles. The van der Waals surface area contributed by atoms with Crippen LogP contribution in [-0.2, 0) is 0 Å². The molecule has 0 unspecified atom stereocenters. The minimum Gasteiger partial charge on any atom is -0.478 e. The number of anilines is 2. The molecule has 0 atom stereocenters. The highest BCUT2D eigenvalue weighted by Crippen LogP contribution is 2.24. The van der Waals surface area contributed by atoms with Crippen molar-refractivity contribution < 1.29 is 14.8 Å². The first-order valence-electron chi connectivity index (χ1n) is 5.28. The Morgan fingerprint density at radius 1 is 1.32 bits per heavy atom. The van der Waals surface area contributed by atoms with Gasteiger partial charge < -0.3 is 10.4 Å². The monoisotopic (exact) mass is 259 g/mol. The molecule has 0 radical (unpaired) electrons. The minimum absolute atomic E-state index is 0.181. The predicted molar refractivity (Wildman–Crippen MR) is 67.6 cm³/mol. The van der Waals surface area contributed by atoms with E-state index >= 15 is 0 Å². The SMILES string of the molecule is O=C(O)c1cc([N+](=O)[O-])ccc1Nc1ccccn1. The average Bonchev–Trinajstić information content (AvgIpc) is 2.39. The number of hydrogen-bond acceptors (Lipinski definition) is 5. The van der Waals surface area contributed by atoms with Crippen LogP contribution in [0.15, 0.2) is 42.6 Å². The van der Waals surface area contributed by atoms with Crippen LogP contribution in [0.1, 0.15) is 10.4 Å². The number of non-ortho nitro benzene ring substituents is 1. The Morgan fingerprint density at radius 3 is 2.68 bits per heavy atom. The summed E-state index contributed by atoms with van der Waals surface area (Å²) in [5, 5.41) is 22.5. The third kappa shape index (κ3) is 2.83. The second kappa shape index (κ2) is 5.13. The second-order valence-electron chi connectivity index (χ2n) is 3.63. The van der Waals surface area contributed by atoms with Gasteiger partial charge in [-0.2, -0.15) is 0 Å². The fourth-order valence-electron chi connectivity index (χ4n) is 1.51. The Balaban J connectivity index is 2.40. The molecular formula is C12H9N3O4. The highest BCUT2D eigenvalue weighted by atomic mass is 16.6. The van der Waals surface area contributed by atoms with Gasteiger partial charge in [0, 0.05) is 18.3 Å². The van der Waals surface area contributed by atoms with Crippen molar-refractivity contribution >= 4 is 23.2 Å². The number of rotatable bonds is 4. The largest absolute Gasteiger partial charge is 0.478 e. The van der Waals surface area contributed by atoms with Gasteiger partial charge in [0.25, 0.3) is 5.69 Å². The smallest absolute Gasteiger partial charge is 0.338 e. The number of hydrogen-bond donors (Lipinski definition) is 2. The van der Waals surface area contributed by atoms with E-state index in [-0.39, 0.29) is 16.9 Å². The van der Waals surface area contributed by atoms with Crippen molar-refractivity contribution in [2.75, 3.05) is 5.32 Å². The number of nitrogens with zero attached hydrogens (tertiary/aromatic N) is 2. The summed E-state index contributed by atoms with van der Waals surface area (Å²) in [7, 11) is 0. The molecule has 0 bridgehead atoms. The van der Waals surface area contributed by atoms with Gasteiger partial charge in [-0.05, 0) is 18.2 Å². The molecule has 0 aliphatic rings. The van der Waals surface area contributed by atoms with Crippen molar-refractivity contribution in [1.82, 2.24) is 4.98 Å². The molecule has 7 heteroatoms. The highest BCUT2D eigenvalue weighted by molar-refractivity contribution is 5.95. The number of benzene rings is 1. The van der Waals surface area contributed by atoms with Crippen LogP contribution in [0.5, 0.6) is 0 Å². The van der Waals surface area contributed by atoms with Crippen LogP contribution in [0.25, 0.3) is 0 Å². The lowest BCUT2D eigenvalue weighted by atomic mass is 10.1.